The molecule has 152 valence electrons. The number of hydrogen-bond acceptors (Lipinski definition) is 9. The molecule has 1 aliphatic rings. The van der Waals surface area contributed by atoms with Crippen LogP contribution in [0, 0.1) is 0 Å². The molecular weight excluding hydrogens is 374 g/mol. The van der Waals surface area contributed by atoms with Crippen molar-refractivity contribution in [1.82, 2.24) is 5.06 Å². The lowest BCUT2D eigenvalue weighted by Gasteiger charge is -2.40. The highest BCUT2D eigenvalue weighted by atomic mass is 16.8. The van der Waals surface area contributed by atoms with Crippen LogP contribution in [0.15, 0.2) is 30.3 Å². The molecular formula is C18H21NO9. The minimum Gasteiger partial charge on any atom is -0.456 e. The second-order valence-electron chi connectivity index (χ2n) is 5.88. The van der Waals surface area contributed by atoms with Crippen LogP contribution in [0.1, 0.15) is 26.3 Å². The monoisotopic (exact) mass is 395 g/mol. The summed E-state index contributed by atoms with van der Waals surface area (Å²) in [5.41, 5.74) is 0.728. The van der Waals surface area contributed by atoms with Gasteiger partial charge in [0.2, 0.25) is 6.23 Å². The molecule has 28 heavy (non-hydrogen) atoms. The lowest BCUT2D eigenvalue weighted by molar-refractivity contribution is -0.306. The van der Waals surface area contributed by atoms with Crippen molar-refractivity contribution in [1.29, 1.82) is 0 Å². The van der Waals surface area contributed by atoms with Crippen molar-refractivity contribution < 1.29 is 43.0 Å². The number of amides is 1. The average Bonchev–Trinajstić information content (AvgIpc) is 2.62. The van der Waals surface area contributed by atoms with E-state index in [1.54, 1.807) is 24.3 Å². The number of ether oxygens (including phenoxy) is 4. The summed E-state index contributed by atoms with van der Waals surface area (Å²) in [4.78, 5) is 52.1. The summed E-state index contributed by atoms with van der Waals surface area (Å²) in [5, 5.41) is 0.651. The molecule has 2 rings (SSSR count). The van der Waals surface area contributed by atoms with E-state index in [4.69, 9.17) is 23.8 Å². The minimum absolute atomic E-state index is 0.0576. The SMILES string of the molecule is CC(=O)O[C@H]1[C@@H](OC(C)=O)CON(C(=O)OCc2ccccc2)[C@@H]1OC(C)=O. The third-order valence-corrected chi connectivity index (χ3v) is 3.55. The number of rotatable bonds is 5. The average molecular weight is 395 g/mol. The van der Waals surface area contributed by atoms with Gasteiger partial charge < -0.3 is 18.9 Å². The maximum atomic E-state index is 12.5. The van der Waals surface area contributed by atoms with Gasteiger partial charge in [0.15, 0.2) is 12.2 Å². The molecule has 1 aromatic carbocycles. The molecule has 1 fully saturated rings. The predicted molar refractivity (Wildman–Crippen MR) is 91.1 cm³/mol. The number of carbonyl (C=O) groups excluding carboxylic acids is 4. The number of benzene rings is 1. The Morgan fingerprint density at radius 1 is 0.964 bits per heavy atom. The van der Waals surface area contributed by atoms with Crippen LogP contribution in [0.5, 0.6) is 0 Å². The smallest absolute Gasteiger partial charge is 0.437 e. The summed E-state index contributed by atoms with van der Waals surface area (Å²) in [5.74, 6) is -2.15. The summed E-state index contributed by atoms with van der Waals surface area (Å²) in [7, 11) is 0. The first-order valence-corrected chi connectivity index (χ1v) is 8.42. The zero-order valence-electron chi connectivity index (χ0n) is 15.7. The number of hydroxylamine groups is 2. The summed E-state index contributed by atoms with van der Waals surface area (Å²) in [6, 6.07) is 8.89. The maximum Gasteiger partial charge on any atom is 0.437 e. The van der Waals surface area contributed by atoms with Gasteiger partial charge >= 0.3 is 24.0 Å². The molecule has 0 saturated carbocycles. The Morgan fingerprint density at radius 2 is 1.57 bits per heavy atom. The quantitative estimate of drug-likeness (QED) is 0.537. The fraction of sp³-hybridized carbons (Fsp3) is 0.444. The van der Waals surface area contributed by atoms with Gasteiger partial charge in [0.1, 0.15) is 13.2 Å². The molecule has 0 bridgehead atoms. The maximum absolute atomic E-state index is 12.5. The van der Waals surface area contributed by atoms with Crippen molar-refractivity contribution in [2.24, 2.45) is 0 Å². The van der Waals surface area contributed by atoms with Crippen LogP contribution in [-0.2, 0) is 44.8 Å². The number of esters is 3. The van der Waals surface area contributed by atoms with Crippen molar-refractivity contribution in [2.45, 2.75) is 45.8 Å². The molecule has 1 amide bonds. The Morgan fingerprint density at radius 3 is 2.14 bits per heavy atom. The Bertz CT molecular complexity index is 721. The Balaban J connectivity index is 2.18. The fourth-order valence-electron chi connectivity index (χ4n) is 2.50. The molecule has 1 heterocycles. The molecule has 0 radical (unpaired) electrons. The van der Waals surface area contributed by atoms with Crippen molar-refractivity contribution in [2.75, 3.05) is 6.61 Å². The Labute approximate surface area is 161 Å². The number of nitrogens with zero attached hydrogens (tertiary/aromatic N) is 1. The molecule has 1 aromatic rings. The van der Waals surface area contributed by atoms with Crippen LogP contribution in [0.4, 0.5) is 4.79 Å². The van der Waals surface area contributed by atoms with Crippen molar-refractivity contribution in [3.8, 4) is 0 Å². The van der Waals surface area contributed by atoms with Crippen LogP contribution in [-0.4, -0.2) is 54.1 Å². The summed E-state index contributed by atoms with van der Waals surface area (Å²) in [6.07, 6.45) is -4.83. The molecule has 1 aliphatic heterocycles. The second-order valence-corrected chi connectivity index (χ2v) is 5.88. The molecule has 0 spiro atoms. The van der Waals surface area contributed by atoms with Gasteiger partial charge in [-0.2, -0.15) is 0 Å². The lowest BCUT2D eigenvalue weighted by atomic mass is 10.1. The Kier molecular flexibility index (Phi) is 7.33. The minimum atomic E-state index is -1.50. The van der Waals surface area contributed by atoms with E-state index in [1.807, 2.05) is 6.07 Å². The van der Waals surface area contributed by atoms with Gasteiger partial charge in [-0.25, -0.2) is 4.79 Å². The molecule has 0 aromatic heterocycles. The molecule has 0 N–H and O–H groups in total. The Hall–Kier alpha value is -3.14. The third kappa shape index (κ3) is 5.95. The van der Waals surface area contributed by atoms with E-state index in [-0.39, 0.29) is 13.2 Å². The first-order valence-electron chi connectivity index (χ1n) is 8.42. The van der Waals surface area contributed by atoms with Crippen LogP contribution >= 0.6 is 0 Å². The zero-order chi connectivity index (χ0) is 20.7. The summed E-state index contributed by atoms with van der Waals surface area (Å²) >= 11 is 0. The van der Waals surface area contributed by atoms with E-state index in [0.29, 0.717) is 5.06 Å². The van der Waals surface area contributed by atoms with Crippen molar-refractivity contribution in [3.63, 3.8) is 0 Å². The highest BCUT2D eigenvalue weighted by Crippen LogP contribution is 2.24. The highest BCUT2D eigenvalue weighted by molar-refractivity contribution is 5.70. The highest BCUT2D eigenvalue weighted by Gasteiger charge is 2.48. The normalized spacial score (nSPS) is 21.4. The number of hydrogen-bond donors (Lipinski definition) is 0. The van der Waals surface area contributed by atoms with Crippen molar-refractivity contribution >= 4 is 24.0 Å². The van der Waals surface area contributed by atoms with E-state index in [1.165, 1.54) is 0 Å². The van der Waals surface area contributed by atoms with Crippen LogP contribution in [0.3, 0.4) is 0 Å². The van der Waals surface area contributed by atoms with E-state index in [2.05, 4.69) is 0 Å². The molecule has 0 aliphatic carbocycles. The van der Waals surface area contributed by atoms with Crippen molar-refractivity contribution in [3.05, 3.63) is 35.9 Å². The van der Waals surface area contributed by atoms with Gasteiger partial charge in [0.05, 0.1) is 0 Å². The first kappa shape index (κ1) is 21.2. The van der Waals surface area contributed by atoms with Gasteiger partial charge in [-0.3, -0.25) is 19.2 Å². The number of carbonyl (C=O) groups is 4. The van der Waals surface area contributed by atoms with Crippen LogP contribution < -0.4 is 0 Å². The molecule has 0 unspecified atom stereocenters. The van der Waals surface area contributed by atoms with E-state index in [0.717, 1.165) is 26.3 Å². The van der Waals surface area contributed by atoms with Gasteiger partial charge in [-0.05, 0) is 5.56 Å². The van der Waals surface area contributed by atoms with Crippen LogP contribution in [0.25, 0.3) is 0 Å². The molecule has 3 atom stereocenters. The zero-order valence-corrected chi connectivity index (χ0v) is 15.7. The lowest BCUT2D eigenvalue weighted by Crippen LogP contribution is -2.61. The van der Waals surface area contributed by atoms with Gasteiger partial charge in [-0.1, -0.05) is 30.3 Å². The summed E-state index contributed by atoms with van der Waals surface area (Å²) in [6.45, 7) is 3.02. The van der Waals surface area contributed by atoms with Gasteiger partial charge in [0, 0.05) is 20.8 Å². The van der Waals surface area contributed by atoms with E-state index < -0.39 is 42.4 Å². The summed E-state index contributed by atoms with van der Waals surface area (Å²) < 4.78 is 20.5. The molecule has 1 saturated heterocycles. The van der Waals surface area contributed by atoms with E-state index in [9.17, 15) is 19.2 Å². The molecule has 10 nitrogen and oxygen atoms in total. The predicted octanol–water partition coefficient (Wildman–Crippen LogP) is 1.32. The first-order chi connectivity index (χ1) is 13.3. The topological polar surface area (TPSA) is 118 Å². The fourth-order valence-corrected chi connectivity index (χ4v) is 2.50. The third-order valence-electron chi connectivity index (χ3n) is 3.55. The standard InChI is InChI=1S/C18H21NO9/c1-11(20)26-15-10-25-19(17(28-13(3)22)16(15)27-12(2)21)18(23)24-9-14-7-5-4-6-8-14/h4-8,15-17H,9-10H2,1-3H3/t15-,16-,17+/m0/s1. The largest absolute Gasteiger partial charge is 0.456 e. The molecule has 10 heteroatoms. The van der Waals surface area contributed by atoms with Gasteiger partial charge in [-0.15, -0.1) is 5.06 Å². The second kappa shape index (κ2) is 9.70. The van der Waals surface area contributed by atoms with E-state index >= 15 is 0 Å². The van der Waals surface area contributed by atoms with Gasteiger partial charge in [0.25, 0.3) is 0 Å². The van der Waals surface area contributed by atoms with Crippen LogP contribution in [0.2, 0.25) is 0 Å².